The third-order valence-corrected chi connectivity index (χ3v) is 6.89. The van der Waals surface area contributed by atoms with Crippen molar-refractivity contribution in [2.24, 2.45) is 0 Å². The molecule has 2 unspecified atom stereocenters. The zero-order valence-electron chi connectivity index (χ0n) is 23.1. The van der Waals surface area contributed by atoms with Crippen LogP contribution in [-0.2, 0) is 14.3 Å². The van der Waals surface area contributed by atoms with Gasteiger partial charge in [-0.1, -0.05) is 49.1 Å². The molecule has 0 spiro atoms. The van der Waals surface area contributed by atoms with E-state index in [-0.39, 0.29) is 23.9 Å². The summed E-state index contributed by atoms with van der Waals surface area (Å²) < 4.78 is 5.44. The molecule has 2 rings (SSSR count). The Bertz CT molecular complexity index is 878. The minimum absolute atomic E-state index is 0.120. The number of nitrogens with one attached hydrogen (secondary N) is 2. The van der Waals surface area contributed by atoms with Crippen molar-refractivity contribution in [3.63, 3.8) is 0 Å². The van der Waals surface area contributed by atoms with Crippen molar-refractivity contribution in [3.05, 3.63) is 35.4 Å². The summed E-state index contributed by atoms with van der Waals surface area (Å²) in [7, 11) is 0. The molecule has 7 nitrogen and oxygen atoms in total. The molecule has 36 heavy (non-hydrogen) atoms. The fraction of sp³-hybridized carbons (Fsp3) is 0.679. The zero-order valence-corrected chi connectivity index (χ0v) is 23.9. The summed E-state index contributed by atoms with van der Waals surface area (Å²) in [5, 5.41) is 6.02. The average Bonchev–Trinajstić information content (AvgIpc) is 2.78. The summed E-state index contributed by atoms with van der Waals surface area (Å²) in [6.45, 7) is 11.2. The minimum atomic E-state index is -0.801. The topological polar surface area (TPSA) is 87.7 Å². The number of alkyl carbamates (subject to hydrolysis) is 1. The van der Waals surface area contributed by atoms with Crippen molar-refractivity contribution in [2.45, 2.75) is 110 Å². The van der Waals surface area contributed by atoms with E-state index < -0.39 is 23.8 Å². The van der Waals surface area contributed by atoms with E-state index in [4.69, 9.17) is 4.74 Å². The first-order chi connectivity index (χ1) is 16.9. The first kappa shape index (κ1) is 30.0. The van der Waals surface area contributed by atoms with Crippen LogP contribution in [0.3, 0.4) is 0 Å². The second-order valence-corrected chi connectivity index (χ2v) is 12.0. The van der Waals surface area contributed by atoms with Crippen LogP contribution in [0.15, 0.2) is 24.3 Å². The van der Waals surface area contributed by atoms with Gasteiger partial charge in [-0.05, 0) is 78.4 Å². The highest BCUT2D eigenvalue weighted by Crippen LogP contribution is 2.28. The Kier molecular flexibility index (Phi) is 11.6. The van der Waals surface area contributed by atoms with Crippen LogP contribution in [0.25, 0.3) is 0 Å². The number of ether oxygens (including phenoxy) is 1. The Balaban J connectivity index is 2.41. The Morgan fingerprint density at radius 1 is 1.14 bits per heavy atom. The maximum atomic E-state index is 14.1. The van der Waals surface area contributed by atoms with Gasteiger partial charge in [-0.2, -0.15) is 11.8 Å². The van der Waals surface area contributed by atoms with Gasteiger partial charge in [-0.3, -0.25) is 9.59 Å². The lowest BCUT2D eigenvalue weighted by atomic mass is 9.94. The number of benzene rings is 1. The molecule has 202 valence electrons. The van der Waals surface area contributed by atoms with Crippen LogP contribution in [-0.4, -0.2) is 58.5 Å². The van der Waals surface area contributed by atoms with Crippen molar-refractivity contribution in [1.29, 1.82) is 0 Å². The highest BCUT2D eigenvalue weighted by atomic mass is 32.2. The highest BCUT2D eigenvalue weighted by Gasteiger charge is 2.38. The van der Waals surface area contributed by atoms with E-state index in [0.717, 1.165) is 36.8 Å². The molecule has 0 saturated heterocycles. The van der Waals surface area contributed by atoms with Crippen LogP contribution in [0.1, 0.15) is 90.3 Å². The molecule has 1 aromatic carbocycles. The molecule has 3 amide bonds. The van der Waals surface area contributed by atoms with Crippen molar-refractivity contribution in [1.82, 2.24) is 15.5 Å². The molecule has 0 aromatic heterocycles. The number of rotatable bonds is 10. The number of carbonyl (C=O) groups excluding carboxylic acids is 3. The standard InChI is InChI=1S/C28H45N3O4S/c1-19(2)31(26(33)23(16-17-36-7)30-27(34)35-28(4,5)6)24(21-13-11-12-20(3)18-21)25(32)29-22-14-9-8-10-15-22/h11-13,18-19,22-24H,8-10,14-17H2,1-7H3,(H,29,32)(H,30,34). The molecule has 0 heterocycles. The molecule has 0 bridgehead atoms. The lowest BCUT2D eigenvalue weighted by Crippen LogP contribution is -2.56. The Morgan fingerprint density at radius 2 is 1.81 bits per heavy atom. The van der Waals surface area contributed by atoms with Gasteiger partial charge < -0.3 is 20.3 Å². The molecular weight excluding hydrogens is 474 g/mol. The van der Waals surface area contributed by atoms with Crippen molar-refractivity contribution in [2.75, 3.05) is 12.0 Å². The van der Waals surface area contributed by atoms with Crippen LogP contribution >= 0.6 is 11.8 Å². The Hall–Kier alpha value is -2.22. The van der Waals surface area contributed by atoms with Crippen LogP contribution in [0.4, 0.5) is 4.79 Å². The van der Waals surface area contributed by atoms with E-state index in [1.54, 1.807) is 37.4 Å². The summed E-state index contributed by atoms with van der Waals surface area (Å²) in [4.78, 5) is 42.1. The number of nitrogens with zero attached hydrogens (tertiary/aromatic N) is 1. The fourth-order valence-electron chi connectivity index (χ4n) is 4.61. The SMILES string of the molecule is CSCCC(NC(=O)OC(C)(C)C)C(=O)N(C(C)C)C(C(=O)NC1CCCCC1)c1cccc(C)c1. The first-order valence-corrected chi connectivity index (χ1v) is 14.5. The van der Waals surface area contributed by atoms with Crippen molar-refractivity contribution in [3.8, 4) is 0 Å². The van der Waals surface area contributed by atoms with Gasteiger partial charge in [0.25, 0.3) is 0 Å². The number of hydrogen-bond donors (Lipinski definition) is 2. The van der Waals surface area contributed by atoms with Crippen LogP contribution in [0.2, 0.25) is 0 Å². The summed E-state index contributed by atoms with van der Waals surface area (Å²) in [5.74, 6) is 0.229. The molecule has 1 aromatic rings. The number of hydrogen-bond acceptors (Lipinski definition) is 5. The van der Waals surface area contributed by atoms with Crippen LogP contribution in [0.5, 0.6) is 0 Å². The average molecular weight is 520 g/mol. The summed E-state index contributed by atoms with van der Waals surface area (Å²) in [6, 6.07) is 6.02. The lowest BCUT2D eigenvalue weighted by Gasteiger charge is -2.38. The molecule has 1 fully saturated rings. The molecule has 0 radical (unpaired) electrons. The Labute approximate surface area is 221 Å². The number of aryl methyl sites for hydroxylation is 1. The molecule has 2 N–H and O–H groups in total. The van der Waals surface area contributed by atoms with E-state index in [9.17, 15) is 14.4 Å². The van der Waals surface area contributed by atoms with Gasteiger partial charge in [0.05, 0.1) is 0 Å². The zero-order chi connectivity index (χ0) is 26.9. The van der Waals surface area contributed by atoms with E-state index in [1.165, 1.54) is 6.42 Å². The molecule has 2 atom stereocenters. The molecule has 0 aliphatic heterocycles. The quantitative estimate of drug-likeness (QED) is 0.434. The smallest absolute Gasteiger partial charge is 0.408 e. The maximum Gasteiger partial charge on any atom is 0.408 e. The number of carbonyl (C=O) groups is 3. The molecule has 1 aliphatic rings. The third-order valence-electron chi connectivity index (χ3n) is 6.25. The van der Waals surface area contributed by atoms with Crippen LogP contribution in [0, 0.1) is 6.92 Å². The third kappa shape index (κ3) is 9.34. The van der Waals surface area contributed by atoms with Crippen molar-refractivity contribution < 1.29 is 19.1 Å². The largest absolute Gasteiger partial charge is 0.444 e. The monoisotopic (exact) mass is 519 g/mol. The molecule has 1 aliphatic carbocycles. The summed E-state index contributed by atoms with van der Waals surface area (Å²) in [5.41, 5.74) is 1.11. The van der Waals surface area contributed by atoms with Gasteiger partial charge in [-0.25, -0.2) is 4.79 Å². The van der Waals surface area contributed by atoms with Gasteiger partial charge in [0, 0.05) is 12.1 Å². The van der Waals surface area contributed by atoms with Gasteiger partial charge in [0.1, 0.15) is 17.7 Å². The van der Waals surface area contributed by atoms with E-state index in [1.807, 2.05) is 51.3 Å². The predicted octanol–water partition coefficient (Wildman–Crippen LogP) is 5.37. The van der Waals surface area contributed by atoms with Crippen molar-refractivity contribution >= 4 is 29.7 Å². The van der Waals surface area contributed by atoms with E-state index in [0.29, 0.717) is 12.2 Å². The normalized spacial score (nSPS) is 16.2. The summed E-state index contributed by atoms with van der Waals surface area (Å²) in [6.07, 6.45) is 7.07. The van der Waals surface area contributed by atoms with Gasteiger partial charge >= 0.3 is 6.09 Å². The van der Waals surface area contributed by atoms with Gasteiger partial charge in [-0.15, -0.1) is 0 Å². The number of thioether (sulfide) groups is 1. The number of amides is 3. The second kappa shape index (κ2) is 13.9. The fourth-order valence-corrected chi connectivity index (χ4v) is 5.08. The van der Waals surface area contributed by atoms with Gasteiger partial charge in [0.15, 0.2) is 0 Å². The summed E-state index contributed by atoms with van der Waals surface area (Å²) >= 11 is 1.60. The molecular formula is C28H45N3O4S. The van der Waals surface area contributed by atoms with E-state index in [2.05, 4.69) is 10.6 Å². The second-order valence-electron chi connectivity index (χ2n) is 11.0. The van der Waals surface area contributed by atoms with E-state index >= 15 is 0 Å². The minimum Gasteiger partial charge on any atom is -0.444 e. The first-order valence-electron chi connectivity index (χ1n) is 13.1. The van der Waals surface area contributed by atoms with Gasteiger partial charge in [0.2, 0.25) is 11.8 Å². The lowest BCUT2D eigenvalue weighted by molar-refractivity contribution is -0.145. The predicted molar refractivity (Wildman–Crippen MR) is 147 cm³/mol. The maximum absolute atomic E-state index is 14.1. The molecule has 8 heteroatoms. The highest BCUT2D eigenvalue weighted by molar-refractivity contribution is 7.98. The Morgan fingerprint density at radius 3 is 2.36 bits per heavy atom. The molecule has 1 saturated carbocycles. The van der Waals surface area contributed by atoms with Crippen LogP contribution < -0.4 is 10.6 Å².